The fourth-order valence-corrected chi connectivity index (χ4v) is 1.95. The average Bonchev–Trinajstić information content (AvgIpc) is 2.45. The number of amides is 1. The molecular weight excluding hydrogens is 266 g/mol. The molecule has 0 spiro atoms. The summed E-state index contributed by atoms with van der Waals surface area (Å²) in [4.78, 5) is 11.7. The molecule has 2 rings (SSSR count). The van der Waals surface area contributed by atoms with Gasteiger partial charge in [-0.1, -0.05) is 18.2 Å². The van der Waals surface area contributed by atoms with E-state index in [1.165, 1.54) is 0 Å². The Hall–Kier alpha value is -1.67. The van der Waals surface area contributed by atoms with Crippen LogP contribution in [0.1, 0.15) is 0 Å². The van der Waals surface area contributed by atoms with Crippen LogP contribution < -0.4 is 10.1 Å². The zero-order chi connectivity index (χ0) is 14.5. The van der Waals surface area contributed by atoms with E-state index < -0.39 is 37.1 Å². The highest BCUT2D eigenvalue weighted by atomic mass is 16.6. The molecule has 0 aromatic heterocycles. The van der Waals surface area contributed by atoms with Gasteiger partial charge in [0.25, 0.3) is 0 Å². The average molecular weight is 283 g/mol. The van der Waals surface area contributed by atoms with E-state index in [1.54, 1.807) is 30.3 Å². The van der Waals surface area contributed by atoms with Crippen molar-refractivity contribution in [1.29, 1.82) is 0 Å². The topological polar surface area (TPSA) is 108 Å². The lowest BCUT2D eigenvalue weighted by molar-refractivity contribution is -0.160. The van der Waals surface area contributed by atoms with Crippen molar-refractivity contribution in [3.63, 3.8) is 0 Å². The van der Waals surface area contributed by atoms with Gasteiger partial charge in [0.05, 0.1) is 19.3 Å². The molecule has 1 heterocycles. The molecule has 0 radical (unpaired) electrons. The van der Waals surface area contributed by atoms with E-state index in [-0.39, 0.29) is 6.61 Å². The summed E-state index contributed by atoms with van der Waals surface area (Å²) in [6.45, 7) is -0.424. The highest BCUT2D eigenvalue weighted by molar-refractivity contribution is 5.70. The number of ether oxygens (including phenoxy) is 2. The van der Waals surface area contributed by atoms with Gasteiger partial charge >= 0.3 is 6.09 Å². The highest BCUT2D eigenvalue weighted by Gasteiger charge is 2.38. The zero-order valence-electron chi connectivity index (χ0n) is 10.7. The number of hydrogen-bond donors (Lipinski definition) is 4. The maximum atomic E-state index is 11.7. The molecular formula is C13H17NO6. The van der Waals surface area contributed by atoms with E-state index in [9.17, 15) is 15.0 Å². The van der Waals surface area contributed by atoms with Gasteiger partial charge < -0.3 is 30.1 Å². The van der Waals surface area contributed by atoms with Crippen molar-refractivity contribution in [3.8, 4) is 5.75 Å². The van der Waals surface area contributed by atoms with Crippen molar-refractivity contribution in [2.75, 3.05) is 13.2 Å². The second kappa shape index (κ2) is 6.67. The Morgan fingerprint density at radius 3 is 2.65 bits per heavy atom. The molecule has 110 valence electrons. The van der Waals surface area contributed by atoms with Crippen LogP contribution in [0.25, 0.3) is 0 Å². The van der Waals surface area contributed by atoms with E-state index in [0.717, 1.165) is 0 Å². The van der Waals surface area contributed by atoms with Crippen LogP contribution in [0.5, 0.6) is 5.75 Å². The third-order valence-electron chi connectivity index (χ3n) is 3.07. The number of nitrogens with one attached hydrogen (secondary N) is 1. The lowest BCUT2D eigenvalue weighted by Gasteiger charge is -2.36. The van der Waals surface area contributed by atoms with Gasteiger partial charge in [-0.05, 0) is 12.1 Å². The maximum Gasteiger partial charge on any atom is 0.412 e. The second-order valence-corrected chi connectivity index (χ2v) is 4.49. The minimum atomic E-state index is -1.27. The maximum absolute atomic E-state index is 11.7. The van der Waals surface area contributed by atoms with Gasteiger partial charge in [-0.15, -0.1) is 0 Å². The first-order valence-electron chi connectivity index (χ1n) is 6.24. The largest absolute Gasteiger partial charge is 0.412 e. The van der Waals surface area contributed by atoms with Gasteiger partial charge in [-0.25, -0.2) is 4.79 Å². The normalized spacial score (nSPS) is 29.8. The first kappa shape index (κ1) is 14.7. The minimum absolute atomic E-state index is 0.0205. The Labute approximate surface area is 115 Å². The molecule has 0 unspecified atom stereocenters. The molecule has 4 N–H and O–H groups in total. The van der Waals surface area contributed by atoms with Crippen LogP contribution in [-0.4, -0.2) is 59.0 Å². The summed E-state index contributed by atoms with van der Waals surface area (Å²) >= 11 is 0. The first-order chi connectivity index (χ1) is 9.61. The number of benzene rings is 1. The van der Waals surface area contributed by atoms with Crippen LogP contribution in [0.15, 0.2) is 30.3 Å². The smallest absolute Gasteiger partial charge is 0.410 e. The summed E-state index contributed by atoms with van der Waals surface area (Å²) in [6, 6.07) is 7.65. The molecule has 7 heteroatoms. The lowest BCUT2D eigenvalue weighted by Crippen LogP contribution is -2.60. The Morgan fingerprint density at radius 1 is 1.30 bits per heavy atom. The number of carbonyl (C=O) groups excluding carboxylic acids is 1. The summed E-state index contributed by atoms with van der Waals surface area (Å²) in [7, 11) is 0. The molecule has 1 aliphatic rings. The van der Waals surface area contributed by atoms with Crippen LogP contribution in [0.3, 0.4) is 0 Å². The molecule has 20 heavy (non-hydrogen) atoms. The summed E-state index contributed by atoms with van der Waals surface area (Å²) in [5.74, 6) is 0.366. The van der Waals surface area contributed by atoms with Crippen molar-refractivity contribution >= 4 is 6.09 Å². The first-order valence-corrected chi connectivity index (χ1v) is 6.24. The quantitative estimate of drug-likeness (QED) is 0.582. The predicted molar refractivity (Wildman–Crippen MR) is 68.2 cm³/mol. The molecule has 1 fully saturated rings. The Morgan fingerprint density at radius 2 is 2.00 bits per heavy atom. The van der Waals surface area contributed by atoms with Gasteiger partial charge in [0.1, 0.15) is 24.1 Å². The van der Waals surface area contributed by atoms with E-state index in [0.29, 0.717) is 5.75 Å². The molecule has 0 aliphatic carbocycles. The Kier molecular flexibility index (Phi) is 4.91. The summed E-state index contributed by atoms with van der Waals surface area (Å²) in [6.07, 6.45) is -4.10. The summed E-state index contributed by atoms with van der Waals surface area (Å²) in [5.41, 5.74) is 0. The Balaban J connectivity index is 1.88. The number of carbonyl (C=O) groups is 1. The van der Waals surface area contributed by atoms with Crippen LogP contribution in [0, 0.1) is 0 Å². The molecule has 0 bridgehead atoms. The fourth-order valence-electron chi connectivity index (χ4n) is 1.95. The van der Waals surface area contributed by atoms with Gasteiger partial charge in [0, 0.05) is 0 Å². The number of rotatable bonds is 3. The third kappa shape index (κ3) is 3.45. The van der Waals surface area contributed by atoms with E-state index in [2.05, 4.69) is 5.32 Å². The molecule has 1 amide bonds. The fraction of sp³-hybridized carbons (Fsp3) is 0.462. The van der Waals surface area contributed by atoms with Crippen molar-refractivity contribution in [2.45, 2.75) is 24.4 Å². The Bertz CT molecular complexity index is 440. The summed E-state index contributed by atoms with van der Waals surface area (Å²) in [5, 5.41) is 30.9. The van der Waals surface area contributed by atoms with Crippen LogP contribution in [0.2, 0.25) is 0 Å². The van der Waals surface area contributed by atoms with E-state index >= 15 is 0 Å². The van der Waals surface area contributed by atoms with Gasteiger partial charge in [0.15, 0.2) is 0 Å². The highest BCUT2D eigenvalue weighted by Crippen LogP contribution is 2.16. The van der Waals surface area contributed by atoms with Gasteiger partial charge in [-0.3, -0.25) is 0 Å². The standard InChI is InChI=1S/C13H17NO6/c15-6-10-12(17)11(16)9(7-19-10)14-13(18)20-8-4-2-1-3-5-8/h1-5,9-12,15-17H,6-7H2,(H,14,18)/t9-,10+,11+,12-/m0/s1. The monoisotopic (exact) mass is 283 g/mol. The predicted octanol–water partition coefficient (Wildman–Crippen LogP) is -0.743. The molecule has 0 saturated carbocycles. The second-order valence-electron chi connectivity index (χ2n) is 4.49. The molecule has 1 aromatic carbocycles. The van der Waals surface area contributed by atoms with Crippen molar-refractivity contribution < 1.29 is 29.6 Å². The molecule has 7 nitrogen and oxygen atoms in total. The number of hydrogen-bond acceptors (Lipinski definition) is 6. The molecule has 1 aliphatic heterocycles. The van der Waals surface area contributed by atoms with Gasteiger partial charge in [0.2, 0.25) is 0 Å². The lowest BCUT2D eigenvalue weighted by atomic mass is 9.99. The van der Waals surface area contributed by atoms with E-state index in [1.807, 2.05) is 0 Å². The van der Waals surface area contributed by atoms with Crippen LogP contribution >= 0.6 is 0 Å². The van der Waals surface area contributed by atoms with Crippen molar-refractivity contribution in [2.24, 2.45) is 0 Å². The van der Waals surface area contributed by atoms with Crippen molar-refractivity contribution in [1.82, 2.24) is 5.32 Å². The molecule has 4 atom stereocenters. The summed E-state index contributed by atoms with van der Waals surface area (Å²) < 4.78 is 10.1. The molecule has 1 saturated heterocycles. The SMILES string of the molecule is O=C(N[C@H]1CO[C@H](CO)[C@H](O)[C@@H]1O)Oc1ccccc1. The number of para-hydroxylation sites is 1. The molecule has 1 aromatic rings. The van der Waals surface area contributed by atoms with Crippen LogP contribution in [0.4, 0.5) is 4.79 Å². The third-order valence-corrected chi connectivity index (χ3v) is 3.07. The van der Waals surface area contributed by atoms with E-state index in [4.69, 9.17) is 14.6 Å². The zero-order valence-corrected chi connectivity index (χ0v) is 10.7. The van der Waals surface area contributed by atoms with Gasteiger partial charge in [-0.2, -0.15) is 0 Å². The minimum Gasteiger partial charge on any atom is -0.410 e. The van der Waals surface area contributed by atoms with Crippen molar-refractivity contribution in [3.05, 3.63) is 30.3 Å². The number of aliphatic hydroxyl groups is 3. The number of aliphatic hydroxyl groups excluding tert-OH is 3. The van der Waals surface area contributed by atoms with Crippen LogP contribution in [-0.2, 0) is 4.74 Å².